The lowest BCUT2D eigenvalue weighted by Crippen LogP contribution is -2.52. The van der Waals surface area contributed by atoms with Gasteiger partial charge < -0.3 is 15.0 Å². The fraction of sp³-hybridized carbons (Fsp3) is 0.947. The largest absolute Gasteiger partial charge is 0.444 e. The summed E-state index contributed by atoms with van der Waals surface area (Å²) in [6, 6.07) is 0.608. The molecule has 1 saturated carbocycles. The minimum Gasteiger partial charge on any atom is -0.444 e. The standard InChI is InChI=1S/C19H36N2O2/c1-17(2,3)23-16(22)21-12-8-11-19(6,14-21)13-20-15-9-7-10-18(15,4)5/h15,20H,7-14H2,1-6H3. The SMILES string of the molecule is CC1(CNC2CCCC2(C)C)CCCN(C(=O)OC(C)(C)C)C1. The van der Waals surface area contributed by atoms with Crippen LogP contribution in [0.4, 0.5) is 4.79 Å². The predicted molar refractivity (Wildman–Crippen MR) is 94.6 cm³/mol. The fourth-order valence-electron chi connectivity index (χ4n) is 4.02. The van der Waals surface area contributed by atoms with Crippen LogP contribution in [0.5, 0.6) is 0 Å². The summed E-state index contributed by atoms with van der Waals surface area (Å²) in [4.78, 5) is 14.2. The Kier molecular flexibility index (Phi) is 5.34. The monoisotopic (exact) mass is 324 g/mol. The van der Waals surface area contributed by atoms with E-state index in [1.54, 1.807) is 0 Å². The van der Waals surface area contributed by atoms with E-state index in [0.717, 1.165) is 26.1 Å². The number of hydrogen-bond acceptors (Lipinski definition) is 3. The van der Waals surface area contributed by atoms with Crippen LogP contribution >= 0.6 is 0 Å². The lowest BCUT2D eigenvalue weighted by atomic mass is 9.80. The van der Waals surface area contributed by atoms with Gasteiger partial charge in [0.15, 0.2) is 0 Å². The summed E-state index contributed by atoms with van der Waals surface area (Å²) in [5.41, 5.74) is 0.126. The Balaban J connectivity index is 1.89. The molecule has 1 N–H and O–H groups in total. The summed E-state index contributed by atoms with van der Waals surface area (Å²) < 4.78 is 5.55. The molecule has 0 bridgehead atoms. The lowest BCUT2D eigenvalue weighted by molar-refractivity contribution is 0.00602. The molecule has 1 aliphatic heterocycles. The maximum atomic E-state index is 12.3. The molecule has 1 aliphatic carbocycles. The zero-order valence-corrected chi connectivity index (χ0v) is 16.0. The number of ether oxygens (including phenoxy) is 1. The Morgan fingerprint density at radius 1 is 1.22 bits per heavy atom. The topological polar surface area (TPSA) is 41.6 Å². The molecule has 0 radical (unpaired) electrons. The van der Waals surface area contributed by atoms with E-state index in [4.69, 9.17) is 4.74 Å². The summed E-state index contributed by atoms with van der Waals surface area (Å²) in [6.07, 6.45) is 5.98. The first kappa shape index (κ1) is 18.6. The van der Waals surface area contributed by atoms with Crippen LogP contribution in [0, 0.1) is 10.8 Å². The molecule has 1 heterocycles. The van der Waals surface area contributed by atoms with Crippen LogP contribution in [0.15, 0.2) is 0 Å². The molecule has 0 aromatic rings. The van der Waals surface area contributed by atoms with Crippen molar-refractivity contribution >= 4 is 6.09 Å². The van der Waals surface area contributed by atoms with E-state index in [2.05, 4.69) is 26.1 Å². The van der Waals surface area contributed by atoms with Gasteiger partial charge in [-0.3, -0.25) is 0 Å². The van der Waals surface area contributed by atoms with Gasteiger partial charge in [0.25, 0.3) is 0 Å². The number of nitrogens with zero attached hydrogens (tertiary/aromatic N) is 1. The highest BCUT2D eigenvalue weighted by molar-refractivity contribution is 5.68. The number of carbonyl (C=O) groups is 1. The Labute approximate surface area is 142 Å². The Morgan fingerprint density at radius 2 is 1.91 bits per heavy atom. The average molecular weight is 325 g/mol. The molecule has 134 valence electrons. The molecule has 2 rings (SSSR count). The second kappa shape index (κ2) is 6.62. The first-order valence-corrected chi connectivity index (χ1v) is 9.22. The summed E-state index contributed by atoms with van der Waals surface area (Å²) >= 11 is 0. The van der Waals surface area contributed by atoms with Crippen molar-refractivity contribution in [3.05, 3.63) is 0 Å². The van der Waals surface area contributed by atoms with Crippen LogP contribution in [0.1, 0.15) is 73.6 Å². The molecule has 0 spiro atoms. The van der Waals surface area contributed by atoms with Gasteiger partial charge in [0, 0.05) is 25.7 Å². The first-order chi connectivity index (χ1) is 10.5. The quantitative estimate of drug-likeness (QED) is 0.846. The molecule has 4 heteroatoms. The van der Waals surface area contributed by atoms with Gasteiger partial charge in [0.1, 0.15) is 5.60 Å². The van der Waals surface area contributed by atoms with E-state index < -0.39 is 5.60 Å². The number of piperidine rings is 1. The van der Waals surface area contributed by atoms with E-state index in [1.165, 1.54) is 25.7 Å². The van der Waals surface area contributed by atoms with Crippen LogP contribution in [0.2, 0.25) is 0 Å². The van der Waals surface area contributed by atoms with E-state index in [-0.39, 0.29) is 11.5 Å². The zero-order chi connectivity index (χ0) is 17.3. The minimum absolute atomic E-state index is 0.147. The number of rotatable bonds is 3. The third-order valence-corrected chi connectivity index (χ3v) is 5.47. The van der Waals surface area contributed by atoms with Gasteiger partial charge in [0.05, 0.1) is 0 Å². The fourth-order valence-corrected chi connectivity index (χ4v) is 4.02. The van der Waals surface area contributed by atoms with Crippen molar-refractivity contribution in [2.45, 2.75) is 85.3 Å². The molecule has 0 aromatic carbocycles. The molecule has 4 nitrogen and oxygen atoms in total. The average Bonchev–Trinajstić information content (AvgIpc) is 2.73. The first-order valence-electron chi connectivity index (χ1n) is 9.22. The van der Waals surface area contributed by atoms with Crippen molar-refractivity contribution < 1.29 is 9.53 Å². The van der Waals surface area contributed by atoms with Crippen molar-refractivity contribution in [3.8, 4) is 0 Å². The third-order valence-electron chi connectivity index (χ3n) is 5.47. The molecule has 2 fully saturated rings. The van der Waals surface area contributed by atoms with Crippen LogP contribution in [-0.2, 0) is 4.74 Å². The van der Waals surface area contributed by atoms with Crippen molar-refractivity contribution in [3.63, 3.8) is 0 Å². The normalized spacial score (nSPS) is 31.2. The zero-order valence-electron chi connectivity index (χ0n) is 16.0. The molecule has 2 unspecified atom stereocenters. The van der Waals surface area contributed by atoms with Crippen molar-refractivity contribution in [2.24, 2.45) is 10.8 Å². The molecule has 23 heavy (non-hydrogen) atoms. The van der Waals surface area contributed by atoms with Gasteiger partial charge in [-0.15, -0.1) is 0 Å². The molecule has 2 atom stereocenters. The second-order valence-corrected chi connectivity index (χ2v) is 9.63. The number of carbonyl (C=O) groups excluding carboxylic acids is 1. The highest BCUT2D eigenvalue weighted by atomic mass is 16.6. The highest BCUT2D eigenvalue weighted by Crippen LogP contribution is 2.38. The number of amides is 1. The highest BCUT2D eigenvalue weighted by Gasteiger charge is 2.38. The maximum Gasteiger partial charge on any atom is 0.410 e. The molecular formula is C19H36N2O2. The second-order valence-electron chi connectivity index (χ2n) is 9.63. The van der Waals surface area contributed by atoms with Crippen LogP contribution in [0.25, 0.3) is 0 Å². The summed E-state index contributed by atoms with van der Waals surface area (Å²) in [5.74, 6) is 0. The van der Waals surface area contributed by atoms with E-state index in [1.807, 2.05) is 25.7 Å². The van der Waals surface area contributed by atoms with E-state index in [9.17, 15) is 4.79 Å². The van der Waals surface area contributed by atoms with Gasteiger partial charge in [-0.2, -0.15) is 0 Å². The van der Waals surface area contributed by atoms with Crippen LogP contribution in [-0.4, -0.2) is 42.3 Å². The minimum atomic E-state index is -0.420. The molecule has 1 amide bonds. The van der Waals surface area contributed by atoms with Crippen LogP contribution in [0.3, 0.4) is 0 Å². The van der Waals surface area contributed by atoms with Gasteiger partial charge in [-0.25, -0.2) is 4.79 Å². The molecule has 1 saturated heterocycles. The predicted octanol–water partition coefficient (Wildman–Crippen LogP) is 4.19. The Bertz CT molecular complexity index is 428. The Hall–Kier alpha value is -0.770. The molecular weight excluding hydrogens is 288 g/mol. The number of likely N-dealkylation sites (tertiary alicyclic amines) is 1. The Morgan fingerprint density at radius 3 is 2.48 bits per heavy atom. The van der Waals surface area contributed by atoms with E-state index >= 15 is 0 Å². The maximum absolute atomic E-state index is 12.3. The molecule has 0 aromatic heterocycles. The summed E-state index contributed by atoms with van der Waals surface area (Å²) in [7, 11) is 0. The van der Waals surface area contributed by atoms with Crippen molar-refractivity contribution in [1.29, 1.82) is 0 Å². The smallest absolute Gasteiger partial charge is 0.410 e. The van der Waals surface area contributed by atoms with Gasteiger partial charge in [-0.05, 0) is 57.3 Å². The number of hydrogen-bond donors (Lipinski definition) is 1. The van der Waals surface area contributed by atoms with Gasteiger partial charge in [-0.1, -0.05) is 27.2 Å². The van der Waals surface area contributed by atoms with Gasteiger partial charge in [0.2, 0.25) is 0 Å². The number of nitrogens with one attached hydrogen (secondary N) is 1. The van der Waals surface area contributed by atoms with Crippen molar-refractivity contribution in [1.82, 2.24) is 10.2 Å². The van der Waals surface area contributed by atoms with Crippen LogP contribution < -0.4 is 5.32 Å². The summed E-state index contributed by atoms with van der Waals surface area (Å²) in [6.45, 7) is 15.4. The van der Waals surface area contributed by atoms with Crippen molar-refractivity contribution in [2.75, 3.05) is 19.6 Å². The van der Waals surface area contributed by atoms with Gasteiger partial charge >= 0.3 is 6.09 Å². The van der Waals surface area contributed by atoms with E-state index in [0.29, 0.717) is 11.5 Å². The summed E-state index contributed by atoms with van der Waals surface area (Å²) in [5, 5.41) is 3.81. The molecule has 2 aliphatic rings. The lowest BCUT2D eigenvalue weighted by Gasteiger charge is -2.42. The third kappa shape index (κ3) is 5.10.